The zero-order valence-electron chi connectivity index (χ0n) is 8.01. The highest BCUT2D eigenvalue weighted by Gasteiger charge is 2.01. The zero-order chi connectivity index (χ0) is 10.5. The molecular weight excluding hydrogens is 190 g/mol. The van der Waals surface area contributed by atoms with Crippen LogP contribution in [0, 0.1) is 0 Å². The molecule has 1 aromatic carbocycles. The van der Waals surface area contributed by atoms with E-state index in [1.807, 2.05) is 30.3 Å². The summed E-state index contributed by atoms with van der Waals surface area (Å²) in [6, 6.07) is 9.58. The molecule has 5 heteroatoms. The van der Waals surface area contributed by atoms with Gasteiger partial charge in [0.05, 0.1) is 17.4 Å². The highest BCUT2D eigenvalue weighted by Crippen LogP contribution is 2.11. The first-order chi connectivity index (χ1) is 7.40. The van der Waals surface area contributed by atoms with Gasteiger partial charge in [-0.1, -0.05) is 18.2 Å². The van der Waals surface area contributed by atoms with Crippen molar-refractivity contribution in [2.75, 3.05) is 0 Å². The lowest BCUT2D eigenvalue weighted by atomic mass is 10.3. The van der Waals surface area contributed by atoms with Crippen molar-refractivity contribution in [1.29, 1.82) is 0 Å². The molecule has 5 nitrogen and oxygen atoms in total. The normalized spacial score (nSPS) is 11.4. The average Bonchev–Trinajstić information content (AvgIpc) is 2.81. The summed E-state index contributed by atoms with van der Waals surface area (Å²) < 4.78 is 0. The maximum absolute atomic E-state index is 5.39. The fraction of sp³-hybridized carbons (Fsp3) is 0. The molecule has 1 aromatic heterocycles. The van der Waals surface area contributed by atoms with Gasteiger partial charge >= 0.3 is 0 Å². The van der Waals surface area contributed by atoms with Gasteiger partial charge in [-0.05, 0) is 12.1 Å². The van der Waals surface area contributed by atoms with Gasteiger partial charge in [-0.3, -0.25) is 5.10 Å². The molecule has 0 aliphatic heterocycles. The molecule has 2 aromatic rings. The largest absolute Gasteiger partial charge is 0.308 e. The van der Waals surface area contributed by atoms with Crippen LogP contribution >= 0.6 is 0 Å². The number of rotatable bonds is 2. The van der Waals surface area contributed by atoms with Gasteiger partial charge in [-0.15, -0.1) is 0 Å². The lowest BCUT2D eigenvalue weighted by molar-refractivity contribution is 1.02. The van der Waals surface area contributed by atoms with Gasteiger partial charge in [0.2, 0.25) is 0 Å². The molecule has 0 aliphatic carbocycles. The fourth-order valence-corrected chi connectivity index (χ4v) is 1.19. The predicted molar refractivity (Wildman–Crippen MR) is 58.5 cm³/mol. The predicted octanol–water partition coefficient (Wildman–Crippen LogP) is 0.951. The Labute approximate surface area is 87.0 Å². The number of nitrogens with two attached hydrogens (primary N) is 1. The van der Waals surface area contributed by atoms with Gasteiger partial charge in [-0.2, -0.15) is 5.10 Å². The molecule has 0 saturated carbocycles. The van der Waals surface area contributed by atoms with Crippen LogP contribution in [0.1, 0.15) is 5.56 Å². The third-order valence-corrected chi connectivity index (χ3v) is 1.91. The van der Waals surface area contributed by atoms with Gasteiger partial charge in [0, 0.05) is 6.20 Å². The number of nitrogens with one attached hydrogen (secondary N) is 2. The number of hydrogen-bond donors (Lipinski definition) is 3. The Hall–Kier alpha value is -2.14. The number of nitrogens with zero attached hydrogens (tertiary/aromatic N) is 2. The second kappa shape index (κ2) is 4.39. The first kappa shape index (κ1) is 9.42. The van der Waals surface area contributed by atoms with Crippen LogP contribution in [0.5, 0.6) is 0 Å². The molecule has 1 heterocycles. The summed E-state index contributed by atoms with van der Waals surface area (Å²) in [7, 11) is 0. The van der Waals surface area contributed by atoms with Crippen LogP contribution in [0.25, 0.3) is 0 Å². The SMILES string of the molecule is NNC(=Nc1ccccc1)c1cn[nH]c1. The third kappa shape index (κ3) is 2.21. The minimum Gasteiger partial charge on any atom is -0.308 e. The molecule has 0 atom stereocenters. The highest BCUT2D eigenvalue weighted by atomic mass is 15.3. The van der Waals surface area contributed by atoms with Crippen LogP contribution in [0.4, 0.5) is 5.69 Å². The van der Waals surface area contributed by atoms with E-state index in [1.165, 1.54) is 0 Å². The molecular formula is C10H11N5. The van der Waals surface area contributed by atoms with E-state index >= 15 is 0 Å². The number of aromatic amines is 1. The molecule has 0 bridgehead atoms. The Morgan fingerprint density at radius 1 is 1.33 bits per heavy atom. The van der Waals surface area contributed by atoms with Gasteiger partial charge in [-0.25, -0.2) is 10.8 Å². The number of para-hydroxylation sites is 1. The van der Waals surface area contributed by atoms with E-state index < -0.39 is 0 Å². The topological polar surface area (TPSA) is 79.1 Å². The second-order valence-electron chi connectivity index (χ2n) is 2.93. The van der Waals surface area contributed by atoms with E-state index in [2.05, 4.69) is 20.6 Å². The van der Waals surface area contributed by atoms with Crippen molar-refractivity contribution in [2.45, 2.75) is 0 Å². The van der Waals surface area contributed by atoms with Gasteiger partial charge < -0.3 is 5.43 Å². The van der Waals surface area contributed by atoms with E-state index in [0.29, 0.717) is 5.84 Å². The van der Waals surface area contributed by atoms with E-state index in [9.17, 15) is 0 Å². The first-order valence-corrected chi connectivity index (χ1v) is 4.49. The lowest BCUT2D eigenvalue weighted by Crippen LogP contribution is -2.30. The van der Waals surface area contributed by atoms with Crippen molar-refractivity contribution in [3.63, 3.8) is 0 Å². The number of amidine groups is 1. The van der Waals surface area contributed by atoms with E-state index in [1.54, 1.807) is 12.4 Å². The molecule has 0 spiro atoms. The summed E-state index contributed by atoms with van der Waals surface area (Å²) in [6.07, 6.45) is 3.38. The highest BCUT2D eigenvalue weighted by molar-refractivity contribution is 5.99. The van der Waals surface area contributed by atoms with Crippen molar-refractivity contribution in [1.82, 2.24) is 15.6 Å². The lowest BCUT2D eigenvalue weighted by Gasteiger charge is -2.01. The molecule has 2 rings (SSSR count). The van der Waals surface area contributed by atoms with Gasteiger partial charge in [0.15, 0.2) is 5.84 Å². The van der Waals surface area contributed by atoms with Crippen LogP contribution in [0.15, 0.2) is 47.7 Å². The summed E-state index contributed by atoms with van der Waals surface area (Å²) in [5.74, 6) is 5.97. The standard InChI is InChI=1S/C10H11N5/c11-15-10(8-6-12-13-7-8)14-9-4-2-1-3-5-9/h1-7H,11H2,(H,12,13)(H,14,15). The van der Waals surface area contributed by atoms with Crippen LogP contribution in [-0.4, -0.2) is 16.0 Å². The Kier molecular flexibility index (Phi) is 2.75. The van der Waals surface area contributed by atoms with Crippen molar-refractivity contribution in [2.24, 2.45) is 10.8 Å². The summed E-state index contributed by atoms with van der Waals surface area (Å²) in [5, 5.41) is 6.54. The molecule has 15 heavy (non-hydrogen) atoms. The molecule has 76 valence electrons. The van der Waals surface area contributed by atoms with Gasteiger partial charge in [0.25, 0.3) is 0 Å². The summed E-state index contributed by atoms with van der Waals surface area (Å²) in [6.45, 7) is 0. The Balaban J connectivity index is 2.32. The minimum absolute atomic E-state index is 0.579. The smallest absolute Gasteiger partial charge is 0.151 e. The van der Waals surface area contributed by atoms with E-state index in [4.69, 9.17) is 5.84 Å². The molecule has 0 fully saturated rings. The Morgan fingerprint density at radius 3 is 2.73 bits per heavy atom. The molecule has 0 radical (unpaired) electrons. The Bertz CT molecular complexity index is 432. The Morgan fingerprint density at radius 2 is 2.13 bits per heavy atom. The number of aromatic nitrogens is 2. The van der Waals surface area contributed by atoms with Crippen molar-refractivity contribution >= 4 is 11.5 Å². The number of hydrazine groups is 1. The molecule has 0 saturated heterocycles. The number of aliphatic imine (C=N–C) groups is 1. The van der Waals surface area contributed by atoms with Crippen LogP contribution in [0.2, 0.25) is 0 Å². The van der Waals surface area contributed by atoms with Gasteiger partial charge in [0.1, 0.15) is 0 Å². The first-order valence-electron chi connectivity index (χ1n) is 4.49. The zero-order valence-corrected chi connectivity index (χ0v) is 8.01. The fourth-order valence-electron chi connectivity index (χ4n) is 1.19. The monoisotopic (exact) mass is 201 g/mol. The van der Waals surface area contributed by atoms with E-state index in [-0.39, 0.29) is 0 Å². The molecule has 0 amide bonds. The molecule has 0 unspecified atom stereocenters. The molecule has 4 N–H and O–H groups in total. The maximum atomic E-state index is 5.39. The van der Waals surface area contributed by atoms with Crippen LogP contribution in [0.3, 0.4) is 0 Å². The van der Waals surface area contributed by atoms with Crippen molar-refractivity contribution in [3.8, 4) is 0 Å². The second-order valence-corrected chi connectivity index (χ2v) is 2.93. The maximum Gasteiger partial charge on any atom is 0.151 e. The summed E-state index contributed by atoms with van der Waals surface area (Å²) in [4.78, 5) is 4.34. The van der Waals surface area contributed by atoms with Crippen LogP contribution in [-0.2, 0) is 0 Å². The van der Waals surface area contributed by atoms with Crippen LogP contribution < -0.4 is 11.3 Å². The quantitative estimate of drug-likeness (QED) is 0.293. The summed E-state index contributed by atoms with van der Waals surface area (Å²) >= 11 is 0. The van der Waals surface area contributed by atoms with Crippen molar-refractivity contribution in [3.05, 3.63) is 48.3 Å². The van der Waals surface area contributed by atoms with E-state index in [0.717, 1.165) is 11.3 Å². The third-order valence-electron chi connectivity index (χ3n) is 1.91. The number of hydrogen-bond acceptors (Lipinski definition) is 3. The molecule has 0 aliphatic rings. The number of benzene rings is 1. The number of H-pyrrole nitrogens is 1. The van der Waals surface area contributed by atoms with Crippen molar-refractivity contribution < 1.29 is 0 Å². The average molecular weight is 201 g/mol. The summed E-state index contributed by atoms with van der Waals surface area (Å²) in [5.41, 5.74) is 4.20. The minimum atomic E-state index is 0.579.